The molecular weight excluding hydrogens is 330 g/mol. The lowest BCUT2D eigenvalue weighted by molar-refractivity contribution is 0.102. The van der Waals surface area contributed by atoms with E-state index in [9.17, 15) is 13.2 Å². The van der Waals surface area contributed by atoms with Crippen molar-refractivity contribution in [1.82, 2.24) is 9.97 Å². The zero-order valence-electron chi connectivity index (χ0n) is 12.6. The van der Waals surface area contributed by atoms with Gasteiger partial charge in [-0.1, -0.05) is 18.2 Å². The molecule has 24 heavy (non-hydrogen) atoms. The number of carbonyl (C=O) groups excluding carboxylic acids is 1. The summed E-state index contributed by atoms with van der Waals surface area (Å²) in [5.74, 6) is -0.138. The summed E-state index contributed by atoms with van der Waals surface area (Å²) < 4.78 is 28.0. The molecule has 0 unspecified atom stereocenters. The molecule has 0 bridgehead atoms. The molecule has 0 fully saturated rings. The van der Waals surface area contributed by atoms with Gasteiger partial charge in [-0.2, -0.15) is 0 Å². The summed E-state index contributed by atoms with van der Waals surface area (Å²) in [6.45, 7) is 0. The standard InChI is InChI=1S/C16H13N3O4S/c1-24(21,22)14-8-7-12(9-17-14)18-15(20)13-10-23-16(19-13)11-5-3-2-4-6-11/h2-10H,1H3,(H,18,20). The third-order valence-corrected chi connectivity index (χ3v) is 4.13. The van der Waals surface area contributed by atoms with Crippen LogP contribution in [0.25, 0.3) is 11.5 Å². The molecule has 8 heteroatoms. The molecule has 0 radical (unpaired) electrons. The quantitative estimate of drug-likeness (QED) is 0.780. The van der Waals surface area contributed by atoms with Crippen molar-refractivity contribution in [3.8, 4) is 11.5 Å². The number of oxazole rings is 1. The summed E-state index contributed by atoms with van der Waals surface area (Å²) in [6.07, 6.45) is 3.59. The van der Waals surface area contributed by atoms with Crippen LogP contribution in [0.2, 0.25) is 0 Å². The van der Waals surface area contributed by atoms with Crippen LogP contribution in [0.5, 0.6) is 0 Å². The highest BCUT2D eigenvalue weighted by molar-refractivity contribution is 7.90. The normalized spacial score (nSPS) is 11.2. The third kappa shape index (κ3) is 3.49. The maximum atomic E-state index is 12.2. The minimum absolute atomic E-state index is 0.0618. The zero-order valence-corrected chi connectivity index (χ0v) is 13.4. The lowest BCUT2D eigenvalue weighted by Gasteiger charge is -2.03. The Kier molecular flexibility index (Phi) is 4.13. The molecule has 0 aliphatic rings. The van der Waals surface area contributed by atoms with E-state index in [1.165, 1.54) is 24.6 Å². The van der Waals surface area contributed by atoms with Crippen LogP contribution in [0.1, 0.15) is 10.5 Å². The predicted molar refractivity (Wildman–Crippen MR) is 87.2 cm³/mol. The van der Waals surface area contributed by atoms with Crippen LogP contribution in [0.15, 0.2) is 64.4 Å². The van der Waals surface area contributed by atoms with Gasteiger partial charge in [0.1, 0.15) is 6.26 Å². The summed E-state index contributed by atoms with van der Waals surface area (Å²) in [7, 11) is -3.38. The van der Waals surface area contributed by atoms with Gasteiger partial charge in [0.05, 0.1) is 11.9 Å². The summed E-state index contributed by atoms with van der Waals surface area (Å²) in [5.41, 5.74) is 1.23. The van der Waals surface area contributed by atoms with Crippen molar-refractivity contribution in [3.05, 3.63) is 60.6 Å². The third-order valence-electron chi connectivity index (χ3n) is 3.13. The van der Waals surface area contributed by atoms with Gasteiger partial charge < -0.3 is 9.73 Å². The number of anilines is 1. The SMILES string of the molecule is CS(=O)(=O)c1ccc(NC(=O)c2coc(-c3ccccc3)n2)cn1. The van der Waals surface area contributed by atoms with Crippen molar-refractivity contribution in [2.24, 2.45) is 0 Å². The second kappa shape index (κ2) is 6.25. The van der Waals surface area contributed by atoms with Gasteiger partial charge in [0.15, 0.2) is 20.6 Å². The molecule has 0 saturated carbocycles. The first-order valence-electron chi connectivity index (χ1n) is 6.92. The molecule has 122 valence electrons. The lowest BCUT2D eigenvalue weighted by Crippen LogP contribution is -2.13. The summed E-state index contributed by atoms with van der Waals surface area (Å²) in [4.78, 5) is 20.1. The monoisotopic (exact) mass is 343 g/mol. The van der Waals surface area contributed by atoms with E-state index in [0.717, 1.165) is 11.8 Å². The average molecular weight is 343 g/mol. The summed E-state index contributed by atoms with van der Waals surface area (Å²) in [6, 6.07) is 12.0. The first-order valence-corrected chi connectivity index (χ1v) is 8.81. The van der Waals surface area contributed by atoms with E-state index in [-0.39, 0.29) is 10.7 Å². The van der Waals surface area contributed by atoms with E-state index >= 15 is 0 Å². The molecule has 1 N–H and O–H groups in total. The molecule has 1 amide bonds. The highest BCUT2D eigenvalue weighted by Crippen LogP contribution is 2.18. The maximum absolute atomic E-state index is 12.2. The highest BCUT2D eigenvalue weighted by Gasteiger charge is 2.14. The van der Waals surface area contributed by atoms with Crippen molar-refractivity contribution in [2.75, 3.05) is 11.6 Å². The fourth-order valence-electron chi connectivity index (χ4n) is 1.96. The van der Waals surface area contributed by atoms with Gasteiger partial charge in [-0.3, -0.25) is 4.79 Å². The van der Waals surface area contributed by atoms with Gasteiger partial charge >= 0.3 is 0 Å². The molecule has 3 aromatic rings. The van der Waals surface area contributed by atoms with Gasteiger partial charge in [0.25, 0.3) is 5.91 Å². The number of carbonyl (C=O) groups is 1. The van der Waals surface area contributed by atoms with E-state index in [0.29, 0.717) is 11.6 Å². The van der Waals surface area contributed by atoms with Crippen LogP contribution < -0.4 is 5.32 Å². The second-order valence-corrected chi connectivity index (χ2v) is 6.98. The number of sulfone groups is 1. The molecule has 7 nitrogen and oxygen atoms in total. The van der Waals surface area contributed by atoms with Gasteiger partial charge in [-0.25, -0.2) is 18.4 Å². The Bertz CT molecular complexity index is 964. The summed E-state index contributed by atoms with van der Waals surface area (Å²) in [5, 5.41) is 2.52. The molecule has 0 spiro atoms. The number of benzene rings is 1. The van der Waals surface area contributed by atoms with Gasteiger partial charge in [0, 0.05) is 11.8 Å². The number of pyridine rings is 1. The molecule has 0 atom stereocenters. The van der Waals surface area contributed by atoms with Crippen LogP contribution in [0.4, 0.5) is 5.69 Å². The molecule has 0 saturated heterocycles. The number of hydrogen-bond acceptors (Lipinski definition) is 6. The van der Waals surface area contributed by atoms with E-state index in [1.807, 2.05) is 30.3 Å². The molecule has 2 heterocycles. The highest BCUT2D eigenvalue weighted by atomic mass is 32.2. The molecular formula is C16H13N3O4S. The van der Waals surface area contributed by atoms with Crippen LogP contribution in [0, 0.1) is 0 Å². The Morgan fingerprint density at radius 3 is 2.50 bits per heavy atom. The minimum Gasteiger partial charge on any atom is -0.444 e. The maximum Gasteiger partial charge on any atom is 0.277 e. The van der Waals surface area contributed by atoms with Crippen LogP contribution in [0.3, 0.4) is 0 Å². The molecule has 1 aromatic carbocycles. The zero-order chi connectivity index (χ0) is 17.2. The number of hydrogen-bond donors (Lipinski definition) is 1. The van der Waals surface area contributed by atoms with Crippen LogP contribution >= 0.6 is 0 Å². The van der Waals surface area contributed by atoms with Gasteiger partial charge in [0.2, 0.25) is 5.89 Å². The van der Waals surface area contributed by atoms with E-state index in [2.05, 4.69) is 15.3 Å². The Morgan fingerprint density at radius 1 is 1.12 bits per heavy atom. The first kappa shape index (κ1) is 15.9. The van der Waals surface area contributed by atoms with Gasteiger partial charge in [-0.15, -0.1) is 0 Å². The first-order chi connectivity index (χ1) is 11.4. The topological polar surface area (TPSA) is 102 Å². The van der Waals surface area contributed by atoms with Crippen molar-refractivity contribution in [1.29, 1.82) is 0 Å². The largest absolute Gasteiger partial charge is 0.444 e. The van der Waals surface area contributed by atoms with Crippen LogP contribution in [-0.2, 0) is 9.84 Å². The lowest BCUT2D eigenvalue weighted by atomic mass is 10.2. The Hall–Kier alpha value is -3.00. The van der Waals surface area contributed by atoms with Gasteiger partial charge in [-0.05, 0) is 24.3 Å². The fourth-order valence-corrected chi connectivity index (χ4v) is 2.52. The number of nitrogens with one attached hydrogen (secondary N) is 1. The predicted octanol–water partition coefficient (Wildman–Crippen LogP) is 2.39. The number of nitrogens with zero attached hydrogens (tertiary/aromatic N) is 2. The Labute approximate surface area is 138 Å². The van der Waals surface area contributed by atoms with Crippen molar-refractivity contribution < 1.29 is 17.6 Å². The number of aromatic nitrogens is 2. The fraction of sp³-hybridized carbons (Fsp3) is 0.0625. The Morgan fingerprint density at radius 2 is 1.88 bits per heavy atom. The smallest absolute Gasteiger partial charge is 0.277 e. The number of amides is 1. The Balaban J connectivity index is 1.75. The average Bonchev–Trinajstić information content (AvgIpc) is 3.05. The van der Waals surface area contributed by atoms with Crippen LogP contribution in [-0.4, -0.2) is 30.5 Å². The summed E-state index contributed by atoms with van der Waals surface area (Å²) >= 11 is 0. The second-order valence-electron chi connectivity index (χ2n) is 5.02. The molecule has 0 aliphatic heterocycles. The molecule has 0 aliphatic carbocycles. The number of rotatable bonds is 4. The van der Waals surface area contributed by atoms with E-state index in [4.69, 9.17) is 4.42 Å². The molecule has 2 aromatic heterocycles. The van der Waals surface area contributed by atoms with E-state index < -0.39 is 15.7 Å². The van der Waals surface area contributed by atoms with Crippen molar-refractivity contribution in [3.63, 3.8) is 0 Å². The molecule has 3 rings (SSSR count). The van der Waals surface area contributed by atoms with E-state index in [1.54, 1.807) is 0 Å². The van der Waals surface area contributed by atoms with Crippen molar-refractivity contribution in [2.45, 2.75) is 5.03 Å². The minimum atomic E-state index is -3.38. The van der Waals surface area contributed by atoms with Crippen molar-refractivity contribution >= 4 is 21.4 Å².